The molecule has 1 fully saturated rings. The quantitative estimate of drug-likeness (QED) is 0.572. The fraction of sp³-hybridized carbons (Fsp3) is 0.333. The van der Waals surface area contributed by atoms with Crippen LogP contribution in [-0.2, 0) is 16.1 Å². The van der Waals surface area contributed by atoms with Crippen LogP contribution in [-0.4, -0.2) is 44.5 Å². The summed E-state index contributed by atoms with van der Waals surface area (Å²) < 4.78 is 7.42. The second kappa shape index (κ2) is 9.12. The Labute approximate surface area is 168 Å². The van der Waals surface area contributed by atoms with E-state index in [0.717, 1.165) is 34.9 Å². The third-order valence-electron chi connectivity index (χ3n) is 4.84. The number of ether oxygens (including phenoxy) is 1. The predicted molar refractivity (Wildman–Crippen MR) is 108 cm³/mol. The van der Waals surface area contributed by atoms with Gasteiger partial charge in [0.2, 0.25) is 0 Å². The molecule has 0 radical (unpaired) electrons. The van der Waals surface area contributed by atoms with Gasteiger partial charge >= 0.3 is 0 Å². The zero-order chi connectivity index (χ0) is 19.2. The standard InChI is InChI=1S/C21H22N4O2S/c26-19(17-8-11-27-12-9-17)15-28-21-24-23-20(18-7-4-10-22-13-18)25(21)14-16-5-2-1-3-6-16/h1-7,10,13,17H,8-9,11-12,14-15H2. The molecule has 4 rings (SSSR count). The van der Waals surface area contributed by atoms with Crippen LogP contribution in [0.2, 0.25) is 0 Å². The fourth-order valence-electron chi connectivity index (χ4n) is 3.29. The first-order chi connectivity index (χ1) is 13.8. The summed E-state index contributed by atoms with van der Waals surface area (Å²) in [6.07, 6.45) is 5.16. The number of rotatable bonds is 7. The molecular weight excluding hydrogens is 372 g/mol. The maximum atomic E-state index is 12.6. The molecule has 3 aromatic rings. The number of carbonyl (C=O) groups excluding carboxylic acids is 1. The van der Waals surface area contributed by atoms with E-state index in [1.165, 1.54) is 11.8 Å². The molecule has 0 amide bonds. The number of pyridine rings is 1. The van der Waals surface area contributed by atoms with E-state index < -0.39 is 0 Å². The van der Waals surface area contributed by atoms with Crippen molar-refractivity contribution in [1.29, 1.82) is 0 Å². The first-order valence-electron chi connectivity index (χ1n) is 9.42. The van der Waals surface area contributed by atoms with Crippen molar-refractivity contribution in [3.05, 3.63) is 60.4 Å². The van der Waals surface area contributed by atoms with Crippen molar-refractivity contribution in [3.8, 4) is 11.4 Å². The zero-order valence-corrected chi connectivity index (χ0v) is 16.3. The lowest BCUT2D eigenvalue weighted by atomic mass is 9.96. The Morgan fingerprint density at radius 2 is 1.93 bits per heavy atom. The maximum absolute atomic E-state index is 12.6. The van der Waals surface area contributed by atoms with Gasteiger partial charge in [-0.05, 0) is 30.5 Å². The molecule has 28 heavy (non-hydrogen) atoms. The van der Waals surface area contributed by atoms with Crippen LogP contribution in [0.15, 0.2) is 60.0 Å². The molecule has 6 nitrogen and oxygen atoms in total. The average Bonchev–Trinajstić information content (AvgIpc) is 3.16. The van der Waals surface area contributed by atoms with Gasteiger partial charge in [0.25, 0.3) is 0 Å². The van der Waals surface area contributed by atoms with Gasteiger partial charge in [-0.15, -0.1) is 10.2 Å². The minimum atomic E-state index is 0.101. The molecule has 3 heterocycles. The molecule has 144 valence electrons. The van der Waals surface area contributed by atoms with E-state index in [2.05, 4.69) is 31.9 Å². The number of benzene rings is 1. The van der Waals surface area contributed by atoms with Gasteiger partial charge in [0.05, 0.1) is 12.3 Å². The minimum Gasteiger partial charge on any atom is -0.381 e. The van der Waals surface area contributed by atoms with E-state index in [1.807, 2.05) is 30.3 Å². The Hall–Kier alpha value is -2.51. The summed E-state index contributed by atoms with van der Waals surface area (Å²) in [7, 11) is 0. The van der Waals surface area contributed by atoms with Crippen LogP contribution in [0.25, 0.3) is 11.4 Å². The third-order valence-corrected chi connectivity index (χ3v) is 5.83. The van der Waals surface area contributed by atoms with Crippen LogP contribution in [0.3, 0.4) is 0 Å². The molecule has 0 spiro atoms. The third kappa shape index (κ3) is 4.48. The number of ketones is 1. The SMILES string of the molecule is O=C(CSc1nnc(-c2cccnc2)n1Cc1ccccc1)C1CCOCC1. The monoisotopic (exact) mass is 394 g/mol. The normalized spacial score (nSPS) is 14.9. The van der Waals surface area contributed by atoms with Crippen molar-refractivity contribution in [2.24, 2.45) is 5.92 Å². The Bertz CT molecular complexity index is 909. The van der Waals surface area contributed by atoms with Crippen molar-refractivity contribution in [3.63, 3.8) is 0 Å². The molecular formula is C21H22N4O2S. The van der Waals surface area contributed by atoms with Gasteiger partial charge in [0.15, 0.2) is 11.0 Å². The van der Waals surface area contributed by atoms with Gasteiger partial charge in [-0.2, -0.15) is 0 Å². The highest BCUT2D eigenvalue weighted by molar-refractivity contribution is 7.99. The van der Waals surface area contributed by atoms with Crippen molar-refractivity contribution in [2.75, 3.05) is 19.0 Å². The van der Waals surface area contributed by atoms with Gasteiger partial charge in [-0.1, -0.05) is 42.1 Å². The smallest absolute Gasteiger partial charge is 0.192 e. The summed E-state index contributed by atoms with van der Waals surface area (Å²) in [6.45, 7) is 2.00. The largest absolute Gasteiger partial charge is 0.381 e. The molecule has 1 aromatic carbocycles. The Kier molecular flexibility index (Phi) is 6.14. The summed E-state index contributed by atoms with van der Waals surface area (Å²) in [5.41, 5.74) is 2.07. The van der Waals surface area contributed by atoms with Gasteiger partial charge < -0.3 is 4.74 Å². The van der Waals surface area contributed by atoms with E-state index in [1.54, 1.807) is 12.4 Å². The summed E-state index contributed by atoms with van der Waals surface area (Å²) in [4.78, 5) is 16.8. The Morgan fingerprint density at radius 3 is 2.68 bits per heavy atom. The highest BCUT2D eigenvalue weighted by atomic mass is 32.2. The highest BCUT2D eigenvalue weighted by Gasteiger charge is 2.23. The van der Waals surface area contributed by atoms with Crippen LogP contribution >= 0.6 is 11.8 Å². The van der Waals surface area contributed by atoms with Crippen LogP contribution in [0.5, 0.6) is 0 Å². The number of Topliss-reactive ketones (excluding diaryl/α,β-unsaturated/α-hetero) is 1. The molecule has 1 aliphatic heterocycles. The number of carbonyl (C=O) groups is 1. The lowest BCUT2D eigenvalue weighted by molar-refractivity contribution is -0.123. The second-order valence-electron chi connectivity index (χ2n) is 6.76. The lowest BCUT2D eigenvalue weighted by Gasteiger charge is -2.20. The van der Waals surface area contributed by atoms with Gasteiger partial charge in [0.1, 0.15) is 5.78 Å². The van der Waals surface area contributed by atoms with Crippen molar-refractivity contribution in [1.82, 2.24) is 19.7 Å². The van der Waals surface area contributed by atoms with Crippen molar-refractivity contribution in [2.45, 2.75) is 24.5 Å². The molecule has 0 saturated carbocycles. The number of thioether (sulfide) groups is 1. The zero-order valence-electron chi connectivity index (χ0n) is 15.5. The second-order valence-corrected chi connectivity index (χ2v) is 7.70. The van der Waals surface area contributed by atoms with Crippen molar-refractivity contribution < 1.29 is 9.53 Å². The molecule has 0 N–H and O–H groups in total. The van der Waals surface area contributed by atoms with Crippen molar-refractivity contribution >= 4 is 17.5 Å². The number of hydrogen-bond donors (Lipinski definition) is 0. The Balaban J connectivity index is 1.56. The van der Waals surface area contributed by atoms with E-state index in [-0.39, 0.29) is 11.7 Å². The number of aromatic nitrogens is 4. The topological polar surface area (TPSA) is 69.9 Å². The molecule has 1 saturated heterocycles. The van der Waals surface area contributed by atoms with Crippen LogP contribution in [0, 0.1) is 5.92 Å². The summed E-state index contributed by atoms with van der Waals surface area (Å²) >= 11 is 1.46. The minimum absolute atomic E-state index is 0.101. The first kappa shape index (κ1) is 18.8. The summed E-state index contributed by atoms with van der Waals surface area (Å²) in [5.74, 6) is 1.54. The number of nitrogens with zero attached hydrogens (tertiary/aromatic N) is 4. The van der Waals surface area contributed by atoms with E-state index in [0.29, 0.717) is 25.5 Å². The molecule has 0 atom stereocenters. The van der Waals surface area contributed by atoms with E-state index in [9.17, 15) is 4.79 Å². The molecule has 1 aliphatic rings. The van der Waals surface area contributed by atoms with E-state index >= 15 is 0 Å². The first-order valence-corrected chi connectivity index (χ1v) is 10.4. The van der Waals surface area contributed by atoms with Gasteiger partial charge in [0, 0.05) is 37.1 Å². The lowest BCUT2D eigenvalue weighted by Crippen LogP contribution is -2.24. The molecule has 0 unspecified atom stereocenters. The Morgan fingerprint density at radius 1 is 1.11 bits per heavy atom. The maximum Gasteiger partial charge on any atom is 0.192 e. The highest BCUT2D eigenvalue weighted by Crippen LogP contribution is 2.26. The molecule has 0 aliphatic carbocycles. The molecule has 0 bridgehead atoms. The van der Waals surface area contributed by atoms with Gasteiger partial charge in [-0.3, -0.25) is 14.3 Å². The van der Waals surface area contributed by atoms with Crippen LogP contribution in [0.4, 0.5) is 0 Å². The van der Waals surface area contributed by atoms with Crippen LogP contribution < -0.4 is 0 Å². The van der Waals surface area contributed by atoms with E-state index in [4.69, 9.17) is 4.74 Å². The average molecular weight is 395 g/mol. The number of hydrogen-bond acceptors (Lipinski definition) is 6. The molecule has 2 aromatic heterocycles. The molecule has 7 heteroatoms. The summed E-state index contributed by atoms with van der Waals surface area (Å²) in [6, 6.07) is 14.1. The van der Waals surface area contributed by atoms with Crippen LogP contribution in [0.1, 0.15) is 18.4 Å². The summed E-state index contributed by atoms with van der Waals surface area (Å²) in [5, 5.41) is 9.52. The van der Waals surface area contributed by atoms with Gasteiger partial charge in [-0.25, -0.2) is 0 Å². The predicted octanol–water partition coefficient (Wildman–Crippen LogP) is 3.48. The fourth-order valence-corrected chi connectivity index (χ4v) is 4.20.